The molecule has 1 aromatic carbocycles. The van der Waals surface area contributed by atoms with E-state index in [4.69, 9.17) is 4.74 Å². The summed E-state index contributed by atoms with van der Waals surface area (Å²) in [6, 6.07) is 6.15. The van der Waals surface area contributed by atoms with Gasteiger partial charge in [0.15, 0.2) is 0 Å². The van der Waals surface area contributed by atoms with E-state index in [0.29, 0.717) is 30.9 Å². The first-order valence-corrected chi connectivity index (χ1v) is 8.88. The van der Waals surface area contributed by atoms with Gasteiger partial charge in [-0.15, -0.1) is 0 Å². The van der Waals surface area contributed by atoms with E-state index in [1.165, 1.54) is 0 Å². The van der Waals surface area contributed by atoms with E-state index in [1.54, 1.807) is 7.11 Å². The van der Waals surface area contributed by atoms with Crippen LogP contribution in [0.1, 0.15) is 18.4 Å². The SMILES string of the molecule is COc1ccc(Br)cc1CNC1CCS(=O)(=O)CC1. The van der Waals surface area contributed by atoms with Gasteiger partial charge < -0.3 is 10.1 Å². The maximum absolute atomic E-state index is 11.4. The van der Waals surface area contributed by atoms with Crippen molar-refractivity contribution in [2.45, 2.75) is 25.4 Å². The molecule has 19 heavy (non-hydrogen) atoms. The van der Waals surface area contributed by atoms with Crippen LogP contribution in [-0.2, 0) is 16.4 Å². The van der Waals surface area contributed by atoms with Crippen LogP contribution in [0.2, 0.25) is 0 Å². The zero-order valence-corrected chi connectivity index (χ0v) is 13.3. The molecule has 0 atom stereocenters. The first-order valence-electron chi connectivity index (χ1n) is 6.26. The molecular formula is C13H18BrNO3S. The molecule has 1 saturated heterocycles. The highest BCUT2D eigenvalue weighted by Crippen LogP contribution is 2.23. The van der Waals surface area contributed by atoms with E-state index in [1.807, 2.05) is 18.2 Å². The van der Waals surface area contributed by atoms with E-state index in [2.05, 4.69) is 21.2 Å². The summed E-state index contributed by atoms with van der Waals surface area (Å²) < 4.78 is 29.1. The number of methoxy groups -OCH3 is 1. The van der Waals surface area contributed by atoms with Crippen molar-refractivity contribution in [2.24, 2.45) is 0 Å². The fourth-order valence-electron chi connectivity index (χ4n) is 2.23. The Bertz CT molecular complexity index is 531. The van der Waals surface area contributed by atoms with Crippen molar-refractivity contribution >= 4 is 25.8 Å². The molecular weight excluding hydrogens is 330 g/mol. The Morgan fingerprint density at radius 1 is 1.37 bits per heavy atom. The average Bonchev–Trinajstić information content (AvgIpc) is 2.38. The molecule has 6 heteroatoms. The third-order valence-corrected chi connectivity index (χ3v) is 5.59. The fraction of sp³-hybridized carbons (Fsp3) is 0.538. The standard InChI is InChI=1S/C13H18BrNO3S/c1-18-13-3-2-11(14)8-10(13)9-15-12-4-6-19(16,17)7-5-12/h2-3,8,12,15H,4-7,9H2,1H3. The number of hydrogen-bond acceptors (Lipinski definition) is 4. The second-order valence-electron chi connectivity index (χ2n) is 4.76. The Morgan fingerprint density at radius 2 is 2.05 bits per heavy atom. The summed E-state index contributed by atoms with van der Waals surface area (Å²) in [6.07, 6.45) is 1.39. The van der Waals surface area contributed by atoms with Gasteiger partial charge in [-0.1, -0.05) is 15.9 Å². The molecule has 0 bridgehead atoms. The van der Waals surface area contributed by atoms with Gasteiger partial charge in [0, 0.05) is 22.6 Å². The van der Waals surface area contributed by atoms with Gasteiger partial charge in [-0.2, -0.15) is 0 Å². The Balaban J connectivity index is 1.94. The van der Waals surface area contributed by atoms with Crippen molar-refractivity contribution in [3.8, 4) is 5.75 Å². The van der Waals surface area contributed by atoms with Crippen molar-refractivity contribution < 1.29 is 13.2 Å². The quantitative estimate of drug-likeness (QED) is 0.906. The molecule has 4 nitrogen and oxygen atoms in total. The highest BCUT2D eigenvalue weighted by molar-refractivity contribution is 9.10. The van der Waals surface area contributed by atoms with E-state index in [0.717, 1.165) is 15.8 Å². The first kappa shape index (κ1) is 14.8. The van der Waals surface area contributed by atoms with Crippen molar-refractivity contribution in [3.05, 3.63) is 28.2 Å². The van der Waals surface area contributed by atoms with Gasteiger partial charge in [0.25, 0.3) is 0 Å². The lowest BCUT2D eigenvalue weighted by atomic mass is 10.1. The summed E-state index contributed by atoms with van der Waals surface area (Å²) in [6.45, 7) is 0.688. The van der Waals surface area contributed by atoms with Crippen LogP contribution < -0.4 is 10.1 Å². The number of sulfone groups is 1. The Labute approximate surface area is 122 Å². The van der Waals surface area contributed by atoms with Gasteiger partial charge >= 0.3 is 0 Å². The van der Waals surface area contributed by atoms with Crippen LogP contribution in [0.15, 0.2) is 22.7 Å². The lowest BCUT2D eigenvalue weighted by molar-refractivity contribution is 0.402. The average molecular weight is 348 g/mol. The molecule has 0 saturated carbocycles. The Morgan fingerprint density at radius 3 is 2.68 bits per heavy atom. The molecule has 1 heterocycles. The van der Waals surface area contributed by atoms with Crippen LogP contribution in [0.5, 0.6) is 5.75 Å². The lowest BCUT2D eigenvalue weighted by Crippen LogP contribution is -2.37. The van der Waals surface area contributed by atoms with E-state index in [-0.39, 0.29) is 6.04 Å². The minimum Gasteiger partial charge on any atom is -0.496 e. The summed E-state index contributed by atoms with van der Waals surface area (Å²) in [4.78, 5) is 0. The smallest absolute Gasteiger partial charge is 0.150 e. The minimum absolute atomic E-state index is 0.271. The maximum atomic E-state index is 11.4. The van der Waals surface area contributed by atoms with Gasteiger partial charge in [-0.25, -0.2) is 8.42 Å². The molecule has 0 radical (unpaired) electrons. The molecule has 0 unspecified atom stereocenters. The van der Waals surface area contributed by atoms with Crippen LogP contribution in [0, 0.1) is 0 Å². The molecule has 0 spiro atoms. The zero-order chi connectivity index (χ0) is 13.9. The van der Waals surface area contributed by atoms with Crippen LogP contribution in [0.4, 0.5) is 0 Å². The molecule has 1 aliphatic rings. The predicted octanol–water partition coefficient (Wildman–Crippen LogP) is 2.12. The van der Waals surface area contributed by atoms with Crippen LogP contribution >= 0.6 is 15.9 Å². The van der Waals surface area contributed by atoms with Crippen LogP contribution in [0.3, 0.4) is 0 Å². The molecule has 1 fully saturated rings. The second-order valence-corrected chi connectivity index (χ2v) is 7.98. The summed E-state index contributed by atoms with van der Waals surface area (Å²) in [5.74, 6) is 1.43. The van der Waals surface area contributed by atoms with E-state index < -0.39 is 9.84 Å². The molecule has 1 aliphatic heterocycles. The number of hydrogen-bond donors (Lipinski definition) is 1. The molecule has 0 aliphatic carbocycles. The summed E-state index contributed by atoms with van der Waals surface area (Å²) in [5.41, 5.74) is 1.07. The monoisotopic (exact) mass is 347 g/mol. The van der Waals surface area contributed by atoms with Gasteiger partial charge in [0.1, 0.15) is 15.6 Å². The van der Waals surface area contributed by atoms with Crippen molar-refractivity contribution in [1.82, 2.24) is 5.32 Å². The van der Waals surface area contributed by atoms with Gasteiger partial charge in [0.2, 0.25) is 0 Å². The normalized spacial score (nSPS) is 19.3. The summed E-state index contributed by atoms with van der Waals surface area (Å²) in [7, 11) is -1.14. The summed E-state index contributed by atoms with van der Waals surface area (Å²) in [5, 5.41) is 3.41. The number of ether oxygens (including phenoxy) is 1. The highest BCUT2D eigenvalue weighted by Gasteiger charge is 2.23. The zero-order valence-electron chi connectivity index (χ0n) is 10.9. The minimum atomic E-state index is -2.79. The van der Waals surface area contributed by atoms with Gasteiger partial charge in [-0.3, -0.25) is 0 Å². The van der Waals surface area contributed by atoms with Crippen molar-refractivity contribution in [2.75, 3.05) is 18.6 Å². The van der Waals surface area contributed by atoms with E-state index >= 15 is 0 Å². The Kier molecular flexibility index (Phi) is 4.86. The molecule has 0 aromatic heterocycles. The van der Waals surface area contributed by atoms with Crippen LogP contribution in [-0.4, -0.2) is 33.1 Å². The molecule has 0 amide bonds. The van der Waals surface area contributed by atoms with Crippen molar-refractivity contribution in [1.29, 1.82) is 0 Å². The maximum Gasteiger partial charge on any atom is 0.150 e. The second kappa shape index (κ2) is 6.24. The lowest BCUT2D eigenvalue weighted by Gasteiger charge is -2.23. The largest absolute Gasteiger partial charge is 0.496 e. The fourth-order valence-corrected chi connectivity index (χ4v) is 4.13. The van der Waals surface area contributed by atoms with Gasteiger partial charge in [0.05, 0.1) is 18.6 Å². The third-order valence-electron chi connectivity index (χ3n) is 3.38. The number of benzene rings is 1. The van der Waals surface area contributed by atoms with Gasteiger partial charge in [-0.05, 0) is 31.0 Å². The molecule has 2 rings (SSSR count). The van der Waals surface area contributed by atoms with Crippen LogP contribution in [0.25, 0.3) is 0 Å². The highest BCUT2D eigenvalue weighted by atomic mass is 79.9. The summed E-state index contributed by atoms with van der Waals surface area (Å²) >= 11 is 3.44. The Hall–Kier alpha value is -0.590. The third kappa shape index (κ3) is 4.19. The number of nitrogens with one attached hydrogen (secondary N) is 1. The van der Waals surface area contributed by atoms with Crippen molar-refractivity contribution in [3.63, 3.8) is 0 Å². The number of halogens is 1. The predicted molar refractivity (Wildman–Crippen MR) is 79.2 cm³/mol. The first-order chi connectivity index (χ1) is 9.00. The molecule has 106 valence electrons. The topological polar surface area (TPSA) is 55.4 Å². The molecule has 1 aromatic rings. The van der Waals surface area contributed by atoms with E-state index in [9.17, 15) is 8.42 Å². The number of rotatable bonds is 4. The molecule has 1 N–H and O–H groups in total.